The Bertz CT molecular complexity index is 289. The average molecular weight is 346 g/mol. The second-order valence-corrected chi connectivity index (χ2v) is 9.53. The van der Waals surface area contributed by atoms with Gasteiger partial charge in [0.25, 0.3) is 0 Å². The molecule has 1 aliphatic heterocycles. The van der Waals surface area contributed by atoms with Gasteiger partial charge in [0.05, 0.1) is 0 Å². The van der Waals surface area contributed by atoms with Crippen molar-refractivity contribution in [2.75, 3.05) is 5.75 Å². The molecule has 1 rings (SSSR count). The number of hydrogen-bond acceptors (Lipinski definition) is 4. The Morgan fingerprint density at radius 1 is 0.955 bits per heavy atom. The number of aliphatic carboxylic acids is 1. The highest BCUT2D eigenvalue weighted by Crippen LogP contribution is 2.52. The Labute approximate surface area is 145 Å². The number of rotatable bonds is 14. The van der Waals surface area contributed by atoms with Gasteiger partial charge in [-0.2, -0.15) is 0 Å². The van der Waals surface area contributed by atoms with E-state index in [1.54, 1.807) is 0 Å². The van der Waals surface area contributed by atoms with Crippen molar-refractivity contribution in [3.05, 3.63) is 0 Å². The van der Waals surface area contributed by atoms with Gasteiger partial charge in [-0.1, -0.05) is 86.3 Å². The molecule has 0 spiro atoms. The summed E-state index contributed by atoms with van der Waals surface area (Å²) in [6.45, 7) is 2.27. The van der Waals surface area contributed by atoms with E-state index in [1.807, 2.05) is 10.8 Å². The summed E-state index contributed by atoms with van der Waals surface area (Å²) < 4.78 is 0.443. The first-order chi connectivity index (χ1) is 10.7. The van der Waals surface area contributed by atoms with E-state index in [4.69, 9.17) is 0 Å². The van der Waals surface area contributed by atoms with Crippen molar-refractivity contribution in [2.45, 2.75) is 102 Å². The number of carbonyl (C=O) groups is 1. The lowest BCUT2D eigenvalue weighted by atomic mass is 9.91. The van der Waals surface area contributed by atoms with Gasteiger partial charge in [-0.15, -0.1) is 0 Å². The predicted octanol–water partition coefficient (Wildman–Crippen LogP) is 5.35. The number of carbonyl (C=O) groups excluding carboxylic acids is 1. The Morgan fingerprint density at radius 2 is 1.55 bits per heavy atom. The topological polar surface area (TPSA) is 40.1 Å². The van der Waals surface area contributed by atoms with E-state index in [0.29, 0.717) is 4.75 Å². The van der Waals surface area contributed by atoms with Crippen LogP contribution < -0.4 is 5.11 Å². The summed E-state index contributed by atoms with van der Waals surface area (Å²) in [7, 11) is 4.09. The van der Waals surface area contributed by atoms with Crippen molar-refractivity contribution in [3.63, 3.8) is 0 Å². The zero-order chi connectivity index (χ0) is 16.1. The van der Waals surface area contributed by atoms with Gasteiger partial charge in [-0.25, -0.2) is 0 Å². The number of carboxylic acid groups (broad SMARTS) is 1. The summed E-state index contributed by atoms with van der Waals surface area (Å²) in [5, 5.41) is 10.5. The molecule has 0 amide bonds. The lowest BCUT2D eigenvalue weighted by Gasteiger charge is -2.27. The normalized spacial score (nSPS) is 21.3. The van der Waals surface area contributed by atoms with E-state index in [2.05, 4.69) is 17.7 Å². The minimum Gasteiger partial charge on any atom is -0.550 e. The largest absolute Gasteiger partial charge is 0.550 e. The first-order valence-corrected chi connectivity index (χ1v) is 11.5. The Kier molecular flexibility index (Phi) is 11.6. The SMILES string of the molecule is CCCCCCCCCCC1(CCCCC(=O)[O-])CCSS1. The molecule has 0 aromatic heterocycles. The van der Waals surface area contributed by atoms with Gasteiger partial charge in [-0.05, 0) is 32.1 Å². The van der Waals surface area contributed by atoms with Gasteiger partial charge in [0.15, 0.2) is 0 Å². The molecule has 130 valence electrons. The lowest BCUT2D eigenvalue weighted by molar-refractivity contribution is -0.305. The van der Waals surface area contributed by atoms with E-state index >= 15 is 0 Å². The fourth-order valence-electron chi connectivity index (χ4n) is 3.19. The number of carboxylic acids is 1. The third-order valence-corrected chi connectivity index (χ3v) is 7.99. The van der Waals surface area contributed by atoms with Crippen LogP contribution in [0.4, 0.5) is 0 Å². The van der Waals surface area contributed by atoms with Gasteiger partial charge < -0.3 is 9.90 Å². The predicted molar refractivity (Wildman–Crippen MR) is 98.1 cm³/mol. The summed E-state index contributed by atoms with van der Waals surface area (Å²) in [5.74, 6) is 0.368. The number of hydrogen-bond donors (Lipinski definition) is 0. The van der Waals surface area contributed by atoms with Crippen LogP contribution in [0.15, 0.2) is 0 Å². The summed E-state index contributed by atoms with van der Waals surface area (Å²) in [5.41, 5.74) is 0. The van der Waals surface area contributed by atoms with Gasteiger partial charge in [0.1, 0.15) is 0 Å². The van der Waals surface area contributed by atoms with Crippen molar-refractivity contribution in [3.8, 4) is 0 Å². The summed E-state index contributed by atoms with van der Waals surface area (Å²) in [6, 6.07) is 0. The monoisotopic (exact) mass is 345 g/mol. The Morgan fingerprint density at radius 3 is 2.09 bits per heavy atom. The number of unbranched alkanes of at least 4 members (excludes halogenated alkanes) is 8. The maximum Gasteiger partial charge on any atom is 0.0414 e. The first-order valence-electron chi connectivity index (χ1n) is 9.19. The molecule has 1 fully saturated rings. The second kappa shape index (κ2) is 12.6. The molecule has 0 radical (unpaired) electrons. The van der Waals surface area contributed by atoms with Crippen LogP contribution in [0.1, 0.15) is 96.8 Å². The molecule has 0 N–H and O–H groups in total. The van der Waals surface area contributed by atoms with Crippen molar-refractivity contribution in [2.24, 2.45) is 0 Å². The standard InChI is InChI=1S/C18H34O2S2/c1-2-3-4-5-6-7-8-10-13-18(15-16-21-22-18)14-11-9-12-17(19)20/h2-16H2,1H3,(H,19,20)/p-1. The molecule has 0 aromatic carbocycles. The Balaban J connectivity index is 2.08. The van der Waals surface area contributed by atoms with Crippen molar-refractivity contribution in [1.82, 2.24) is 0 Å². The molecule has 2 nitrogen and oxygen atoms in total. The summed E-state index contributed by atoms with van der Waals surface area (Å²) in [4.78, 5) is 10.5. The molecule has 0 saturated carbocycles. The molecule has 1 unspecified atom stereocenters. The molecule has 4 heteroatoms. The van der Waals surface area contributed by atoms with Crippen LogP contribution in [0.3, 0.4) is 0 Å². The molecular formula is C18H33O2S2-. The summed E-state index contributed by atoms with van der Waals surface area (Å²) >= 11 is 0. The fourth-order valence-corrected chi connectivity index (χ4v) is 6.77. The molecule has 22 heavy (non-hydrogen) atoms. The molecule has 1 heterocycles. The van der Waals surface area contributed by atoms with Crippen molar-refractivity contribution >= 4 is 27.6 Å². The highest BCUT2D eigenvalue weighted by molar-refractivity contribution is 8.77. The minimum absolute atomic E-state index is 0.228. The zero-order valence-electron chi connectivity index (χ0n) is 14.2. The molecule has 1 atom stereocenters. The second-order valence-electron chi connectivity index (χ2n) is 6.64. The van der Waals surface area contributed by atoms with Gasteiger partial charge in [0.2, 0.25) is 0 Å². The highest BCUT2D eigenvalue weighted by Gasteiger charge is 2.34. The zero-order valence-corrected chi connectivity index (χ0v) is 15.9. The third kappa shape index (κ3) is 9.34. The van der Waals surface area contributed by atoms with Crippen molar-refractivity contribution in [1.29, 1.82) is 0 Å². The maximum atomic E-state index is 10.5. The van der Waals surface area contributed by atoms with E-state index in [9.17, 15) is 9.90 Å². The van der Waals surface area contributed by atoms with Gasteiger partial charge in [-0.3, -0.25) is 0 Å². The first kappa shape index (κ1) is 20.2. The van der Waals surface area contributed by atoms with Crippen molar-refractivity contribution < 1.29 is 9.90 Å². The fraction of sp³-hybridized carbons (Fsp3) is 0.944. The van der Waals surface area contributed by atoms with E-state index < -0.39 is 5.97 Å². The molecular weight excluding hydrogens is 312 g/mol. The van der Waals surface area contributed by atoms with E-state index in [0.717, 1.165) is 12.8 Å². The van der Waals surface area contributed by atoms with Crippen LogP contribution in [0.5, 0.6) is 0 Å². The van der Waals surface area contributed by atoms with Crippen LogP contribution in [0.2, 0.25) is 0 Å². The molecule has 0 aliphatic carbocycles. The lowest BCUT2D eigenvalue weighted by Crippen LogP contribution is -2.23. The van der Waals surface area contributed by atoms with Crippen LogP contribution in [-0.2, 0) is 4.79 Å². The minimum atomic E-state index is -0.898. The third-order valence-electron chi connectivity index (χ3n) is 4.63. The average Bonchev–Trinajstić information content (AvgIpc) is 2.95. The maximum absolute atomic E-state index is 10.5. The van der Waals surface area contributed by atoms with Crippen LogP contribution >= 0.6 is 21.6 Å². The molecule has 0 aromatic rings. The van der Waals surface area contributed by atoms with E-state index in [-0.39, 0.29) is 6.42 Å². The van der Waals surface area contributed by atoms with Gasteiger partial charge >= 0.3 is 0 Å². The smallest absolute Gasteiger partial charge is 0.0414 e. The van der Waals surface area contributed by atoms with Crippen LogP contribution in [0, 0.1) is 0 Å². The molecule has 1 aliphatic rings. The van der Waals surface area contributed by atoms with Gasteiger partial charge in [0, 0.05) is 16.5 Å². The van der Waals surface area contributed by atoms with Crippen LogP contribution in [0.25, 0.3) is 0 Å². The molecule has 1 saturated heterocycles. The summed E-state index contributed by atoms with van der Waals surface area (Å²) in [6.07, 6.45) is 16.9. The highest BCUT2D eigenvalue weighted by atomic mass is 33.1. The van der Waals surface area contributed by atoms with Crippen LogP contribution in [-0.4, -0.2) is 16.5 Å². The molecule has 0 bridgehead atoms. The van der Waals surface area contributed by atoms with E-state index in [1.165, 1.54) is 76.4 Å². The quantitative estimate of drug-likeness (QED) is 0.314. The Hall–Kier alpha value is 0.170.